The van der Waals surface area contributed by atoms with Crippen molar-refractivity contribution in [3.63, 3.8) is 0 Å². The van der Waals surface area contributed by atoms with E-state index in [-0.39, 0.29) is 6.61 Å². The molecule has 0 unspecified atom stereocenters. The van der Waals surface area contributed by atoms with Crippen LogP contribution in [0.3, 0.4) is 0 Å². The normalized spacial score (nSPS) is 8.53. The fourth-order valence-electron chi connectivity index (χ4n) is 1.50. The van der Waals surface area contributed by atoms with E-state index in [0.29, 0.717) is 0 Å². The van der Waals surface area contributed by atoms with Crippen LogP contribution in [0.25, 0.3) is 0 Å². The summed E-state index contributed by atoms with van der Waals surface area (Å²) in [4.78, 5) is 0. The second kappa shape index (κ2) is 6.89. The van der Waals surface area contributed by atoms with Crippen LogP contribution >= 0.6 is 0 Å². The molecule has 0 amide bonds. The smallest absolute Gasteiger partial charge is 0.174 e. The molecule has 1 aromatic rings. The second-order valence-corrected chi connectivity index (χ2v) is 3.17. The average Bonchev–Trinajstić information content (AvgIpc) is 2.19. The van der Waals surface area contributed by atoms with Crippen LogP contribution in [0.5, 0.6) is 5.75 Å². The van der Waals surface area contributed by atoms with E-state index < -0.39 is 0 Å². The van der Waals surface area contributed by atoms with Crippen molar-refractivity contribution >= 4 is 0 Å². The molecular formula is C13H19NO. The van der Waals surface area contributed by atoms with Gasteiger partial charge in [-0.25, -0.2) is 0 Å². The van der Waals surface area contributed by atoms with Gasteiger partial charge in [0.05, 0.1) is 0 Å². The third-order valence-electron chi connectivity index (χ3n) is 1.89. The van der Waals surface area contributed by atoms with Crippen molar-refractivity contribution in [2.45, 2.75) is 34.6 Å². The van der Waals surface area contributed by atoms with Gasteiger partial charge >= 0.3 is 0 Å². The van der Waals surface area contributed by atoms with Crippen molar-refractivity contribution in [1.82, 2.24) is 0 Å². The highest BCUT2D eigenvalue weighted by Crippen LogP contribution is 2.24. The Kier molecular flexibility index (Phi) is 6.21. The van der Waals surface area contributed by atoms with Gasteiger partial charge in [-0.2, -0.15) is 5.26 Å². The van der Waals surface area contributed by atoms with Crippen LogP contribution in [0.15, 0.2) is 12.1 Å². The summed E-state index contributed by atoms with van der Waals surface area (Å²) < 4.78 is 5.31. The third kappa shape index (κ3) is 4.03. The van der Waals surface area contributed by atoms with Crippen molar-refractivity contribution in [3.8, 4) is 11.8 Å². The number of hydrogen-bond acceptors (Lipinski definition) is 2. The Labute approximate surface area is 92.5 Å². The van der Waals surface area contributed by atoms with E-state index in [4.69, 9.17) is 10.00 Å². The van der Waals surface area contributed by atoms with Gasteiger partial charge in [-0.1, -0.05) is 31.5 Å². The first-order chi connectivity index (χ1) is 7.15. The highest BCUT2D eigenvalue weighted by atomic mass is 16.5. The zero-order chi connectivity index (χ0) is 11.8. The lowest BCUT2D eigenvalue weighted by Crippen LogP contribution is -1.98. The van der Waals surface area contributed by atoms with Crippen LogP contribution in [0.2, 0.25) is 0 Å². The number of aryl methyl sites for hydroxylation is 3. The maximum Gasteiger partial charge on any atom is 0.174 e. The van der Waals surface area contributed by atoms with Gasteiger partial charge < -0.3 is 4.74 Å². The summed E-state index contributed by atoms with van der Waals surface area (Å²) in [6.07, 6.45) is 0. The molecule has 82 valence electrons. The van der Waals surface area contributed by atoms with Gasteiger partial charge in [-0.3, -0.25) is 0 Å². The number of nitrogens with zero attached hydrogens (tertiary/aromatic N) is 1. The van der Waals surface area contributed by atoms with E-state index in [1.54, 1.807) is 0 Å². The molecule has 0 aliphatic carbocycles. The molecule has 15 heavy (non-hydrogen) atoms. The zero-order valence-corrected chi connectivity index (χ0v) is 10.2. The quantitative estimate of drug-likeness (QED) is 0.739. The third-order valence-corrected chi connectivity index (χ3v) is 1.89. The largest absolute Gasteiger partial charge is 0.478 e. The van der Waals surface area contributed by atoms with Gasteiger partial charge in [0.1, 0.15) is 11.8 Å². The lowest BCUT2D eigenvalue weighted by Gasteiger charge is -2.10. The molecule has 0 aliphatic rings. The van der Waals surface area contributed by atoms with Gasteiger partial charge in [-0.05, 0) is 31.9 Å². The minimum Gasteiger partial charge on any atom is -0.478 e. The minimum absolute atomic E-state index is 0.116. The van der Waals surface area contributed by atoms with Crippen molar-refractivity contribution in [3.05, 3.63) is 28.8 Å². The first-order valence-corrected chi connectivity index (χ1v) is 5.22. The lowest BCUT2D eigenvalue weighted by molar-refractivity contribution is 0.363. The van der Waals surface area contributed by atoms with Crippen LogP contribution in [0.4, 0.5) is 0 Å². The number of rotatable bonds is 2. The Bertz CT molecular complexity index is 327. The summed E-state index contributed by atoms with van der Waals surface area (Å²) in [6, 6.07) is 6.07. The van der Waals surface area contributed by atoms with E-state index in [0.717, 1.165) is 16.9 Å². The van der Waals surface area contributed by atoms with E-state index in [1.807, 2.05) is 40.7 Å². The molecule has 0 bridgehead atoms. The molecule has 1 rings (SSSR count). The molecule has 0 saturated heterocycles. The average molecular weight is 205 g/mol. The topological polar surface area (TPSA) is 33.0 Å². The molecule has 0 N–H and O–H groups in total. The maximum absolute atomic E-state index is 8.39. The van der Waals surface area contributed by atoms with Gasteiger partial charge in [0.2, 0.25) is 0 Å². The van der Waals surface area contributed by atoms with E-state index in [9.17, 15) is 0 Å². The molecule has 2 nitrogen and oxygen atoms in total. The van der Waals surface area contributed by atoms with Gasteiger partial charge in [0.15, 0.2) is 6.61 Å². The zero-order valence-electron chi connectivity index (χ0n) is 10.2. The molecule has 2 heteroatoms. The standard InChI is InChI=1S/C11H13NO.C2H6/c1-8-6-9(2)11(10(3)7-8)13-5-4-12;1-2/h6-7H,5H2,1-3H3;1-2H3. The van der Waals surface area contributed by atoms with Crippen LogP contribution in [-0.2, 0) is 0 Å². The Morgan fingerprint density at radius 3 is 2.00 bits per heavy atom. The molecule has 0 fully saturated rings. The molecular weight excluding hydrogens is 186 g/mol. The van der Waals surface area contributed by atoms with E-state index in [1.165, 1.54) is 5.56 Å². The molecule has 0 atom stereocenters. The SMILES string of the molecule is CC.Cc1cc(C)c(OCC#N)c(C)c1. The molecule has 0 saturated carbocycles. The Morgan fingerprint density at radius 1 is 1.13 bits per heavy atom. The van der Waals surface area contributed by atoms with Gasteiger partial charge in [0, 0.05) is 0 Å². The minimum atomic E-state index is 0.116. The second-order valence-electron chi connectivity index (χ2n) is 3.17. The van der Waals surface area contributed by atoms with Crippen LogP contribution in [0, 0.1) is 32.1 Å². The summed E-state index contributed by atoms with van der Waals surface area (Å²) in [5, 5.41) is 8.39. The first-order valence-electron chi connectivity index (χ1n) is 5.22. The molecule has 0 aliphatic heterocycles. The van der Waals surface area contributed by atoms with Gasteiger partial charge in [-0.15, -0.1) is 0 Å². The number of benzene rings is 1. The number of hydrogen-bond donors (Lipinski definition) is 0. The summed E-state index contributed by atoms with van der Waals surface area (Å²) in [6.45, 7) is 10.2. The van der Waals surface area contributed by atoms with Crippen molar-refractivity contribution < 1.29 is 4.74 Å². The Morgan fingerprint density at radius 2 is 1.60 bits per heavy atom. The molecule has 0 heterocycles. The predicted molar refractivity (Wildman–Crippen MR) is 63.1 cm³/mol. The van der Waals surface area contributed by atoms with E-state index in [2.05, 4.69) is 12.1 Å². The van der Waals surface area contributed by atoms with Crippen LogP contribution < -0.4 is 4.74 Å². The predicted octanol–water partition coefficient (Wildman–Crippen LogP) is 3.54. The Balaban J connectivity index is 0.000000921. The monoisotopic (exact) mass is 205 g/mol. The maximum atomic E-state index is 8.39. The van der Waals surface area contributed by atoms with Gasteiger partial charge in [0.25, 0.3) is 0 Å². The summed E-state index contributed by atoms with van der Waals surface area (Å²) in [5.41, 5.74) is 3.40. The highest BCUT2D eigenvalue weighted by Gasteiger charge is 2.03. The van der Waals surface area contributed by atoms with Crippen molar-refractivity contribution in [2.75, 3.05) is 6.61 Å². The fraction of sp³-hybridized carbons (Fsp3) is 0.462. The Hall–Kier alpha value is -1.49. The number of ether oxygens (including phenoxy) is 1. The summed E-state index contributed by atoms with van der Waals surface area (Å²) in [7, 11) is 0. The van der Waals surface area contributed by atoms with E-state index >= 15 is 0 Å². The first kappa shape index (κ1) is 13.5. The van der Waals surface area contributed by atoms with Crippen molar-refractivity contribution in [2.24, 2.45) is 0 Å². The van der Waals surface area contributed by atoms with Crippen molar-refractivity contribution in [1.29, 1.82) is 5.26 Å². The fourth-order valence-corrected chi connectivity index (χ4v) is 1.50. The molecule has 1 aromatic carbocycles. The molecule has 0 aromatic heterocycles. The van der Waals surface area contributed by atoms with Crippen LogP contribution in [-0.4, -0.2) is 6.61 Å². The highest BCUT2D eigenvalue weighted by molar-refractivity contribution is 5.43. The van der Waals surface area contributed by atoms with Crippen LogP contribution in [0.1, 0.15) is 30.5 Å². The summed E-state index contributed by atoms with van der Waals surface area (Å²) in [5.74, 6) is 0.840. The summed E-state index contributed by atoms with van der Waals surface area (Å²) >= 11 is 0. The lowest BCUT2D eigenvalue weighted by atomic mass is 10.1. The molecule has 0 spiro atoms. The number of nitriles is 1. The molecule has 0 radical (unpaired) electrons.